The van der Waals surface area contributed by atoms with Crippen molar-refractivity contribution < 1.29 is 4.92 Å². The molecule has 0 aromatic heterocycles. The van der Waals surface area contributed by atoms with E-state index in [9.17, 15) is 10.1 Å². The summed E-state index contributed by atoms with van der Waals surface area (Å²) in [7, 11) is 0. The maximum absolute atomic E-state index is 10.4. The van der Waals surface area contributed by atoms with Crippen molar-refractivity contribution in [3.05, 3.63) is 34.4 Å². The van der Waals surface area contributed by atoms with Crippen LogP contribution in [0.1, 0.15) is 6.92 Å². The monoisotopic (exact) mass is 214 g/mol. The molecule has 0 saturated carbocycles. The first-order valence-electron chi connectivity index (χ1n) is 4.20. The lowest BCUT2D eigenvalue weighted by molar-refractivity contribution is -0.384. The Morgan fingerprint density at radius 2 is 2.07 bits per heavy atom. The van der Waals surface area contributed by atoms with Crippen LogP contribution in [-0.4, -0.2) is 16.8 Å². The SMILES string of the molecule is C[C@@H](CCl)Nc1ccc([N+](=O)[O-])cc1. The number of nitrogens with one attached hydrogen (secondary N) is 1. The van der Waals surface area contributed by atoms with Gasteiger partial charge in [0.05, 0.1) is 4.92 Å². The zero-order chi connectivity index (χ0) is 10.6. The number of hydrogen-bond donors (Lipinski definition) is 1. The van der Waals surface area contributed by atoms with Crippen LogP contribution in [-0.2, 0) is 0 Å². The maximum atomic E-state index is 10.4. The zero-order valence-corrected chi connectivity index (χ0v) is 8.49. The van der Waals surface area contributed by atoms with E-state index in [4.69, 9.17) is 11.6 Å². The minimum atomic E-state index is -0.422. The molecule has 1 atom stereocenters. The number of rotatable bonds is 4. The van der Waals surface area contributed by atoms with Crippen molar-refractivity contribution in [1.82, 2.24) is 0 Å². The molecule has 0 amide bonds. The molecule has 0 aliphatic heterocycles. The minimum absolute atomic E-state index is 0.0917. The van der Waals surface area contributed by atoms with E-state index in [0.29, 0.717) is 5.88 Å². The highest BCUT2D eigenvalue weighted by atomic mass is 35.5. The van der Waals surface area contributed by atoms with Gasteiger partial charge in [-0.2, -0.15) is 0 Å². The molecule has 0 saturated heterocycles. The van der Waals surface area contributed by atoms with Gasteiger partial charge < -0.3 is 5.32 Å². The Labute approximate surface area is 87.0 Å². The molecule has 1 N–H and O–H groups in total. The van der Waals surface area contributed by atoms with Crippen molar-refractivity contribution in [3.63, 3.8) is 0 Å². The third-order valence-corrected chi connectivity index (χ3v) is 2.19. The van der Waals surface area contributed by atoms with Crippen LogP contribution in [0.2, 0.25) is 0 Å². The second-order valence-corrected chi connectivity index (χ2v) is 3.31. The second-order valence-electron chi connectivity index (χ2n) is 3.00. The highest BCUT2D eigenvalue weighted by Gasteiger charge is 2.04. The van der Waals surface area contributed by atoms with E-state index in [2.05, 4.69) is 5.32 Å². The van der Waals surface area contributed by atoms with Crippen molar-refractivity contribution in [3.8, 4) is 0 Å². The molecule has 5 heteroatoms. The molecule has 1 rings (SSSR count). The van der Waals surface area contributed by atoms with Gasteiger partial charge >= 0.3 is 0 Å². The van der Waals surface area contributed by atoms with Gasteiger partial charge in [-0.25, -0.2) is 0 Å². The van der Waals surface area contributed by atoms with Crippen LogP contribution in [0.5, 0.6) is 0 Å². The number of benzene rings is 1. The summed E-state index contributed by atoms with van der Waals surface area (Å²) in [5, 5.41) is 13.5. The Bertz CT molecular complexity index is 313. The molecule has 76 valence electrons. The van der Waals surface area contributed by atoms with Crippen molar-refractivity contribution in [2.75, 3.05) is 11.2 Å². The molecule has 1 aromatic rings. The summed E-state index contributed by atoms with van der Waals surface area (Å²) in [6, 6.07) is 6.41. The molecule has 0 bridgehead atoms. The topological polar surface area (TPSA) is 55.2 Å². The number of nitrogens with zero attached hydrogens (tertiary/aromatic N) is 1. The first-order valence-corrected chi connectivity index (χ1v) is 4.74. The number of hydrogen-bond acceptors (Lipinski definition) is 3. The van der Waals surface area contributed by atoms with Crippen LogP contribution in [0.15, 0.2) is 24.3 Å². The van der Waals surface area contributed by atoms with Gasteiger partial charge in [0.1, 0.15) is 0 Å². The zero-order valence-electron chi connectivity index (χ0n) is 7.74. The fraction of sp³-hybridized carbons (Fsp3) is 0.333. The van der Waals surface area contributed by atoms with Crippen LogP contribution in [0, 0.1) is 10.1 Å². The summed E-state index contributed by atoms with van der Waals surface area (Å²) in [5.74, 6) is 0.497. The lowest BCUT2D eigenvalue weighted by atomic mass is 10.2. The average Bonchev–Trinajstić information content (AvgIpc) is 2.18. The summed E-state index contributed by atoms with van der Waals surface area (Å²) >= 11 is 5.61. The number of nitro benzene ring substituents is 1. The molecule has 0 aliphatic carbocycles. The molecular weight excluding hydrogens is 204 g/mol. The average molecular weight is 215 g/mol. The largest absolute Gasteiger partial charge is 0.381 e. The smallest absolute Gasteiger partial charge is 0.269 e. The van der Waals surface area contributed by atoms with Gasteiger partial charge in [-0.15, -0.1) is 11.6 Å². The van der Waals surface area contributed by atoms with E-state index >= 15 is 0 Å². The predicted octanol–water partition coefficient (Wildman–Crippen LogP) is 2.63. The molecule has 14 heavy (non-hydrogen) atoms. The van der Waals surface area contributed by atoms with Gasteiger partial charge in [-0.05, 0) is 19.1 Å². The highest BCUT2D eigenvalue weighted by Crippen LogP contribution is 2.16. The Balaban J connectivity index is 2.68. The molecule has 0 radical (unpaired) electrons. The normalized spacial score (nSPS) is 12.1. The third kappa shape index (κ3) is 2.88. The van der Waals surface area contributed by atoms with Gasteiger partial charge in [0.25, 0.3) is 5.69 Å². The molecule has 0 spiro atoms. The van der Waals surface area contributed by atoms with Crippen molar-refractivity contribution in [2.45, 2.75) is 13.0 Å². The number of alkyl halides is 1. The van der Waals surface area contributed by atoms with Crippen molar-refractivity contribution in [2.24, 2.45) is 0 Å². The second kappa shape index (κ2) is 4.81. The molecule has 0 aliphatic rings. The minimum Gasteiger partial charge on any atom is -0.381 e. The number of anilines is 1. The van der Waals surface area contributed by atoms with Crippen molar-refractivity contribution in [1.29, 1.82) is 0 Å². The van der Waals surface area contributed by atoms with E-state index in [0.717, 1.165) is 5.69 Å². The standard InChI is InChI=1S/C9H11ClN2O2/c1-7(6-10)11-8-2-4-9(5-3-8)12(13)14/h2-5,7,11H,6H2,1H3/t7-/m0/s1. The van der Waals surface area contributed by atoms with Gasteiger partial charge in [0.15, 0.2) is 0 Å². The predicted molar refractivity (Wildman–Crippen MR) is 56.9 cm³/mol. The summed E-state index contributed by atoms with van der Waals surface area (Å²) in [5.41, 5.74) is 0.929. The fourth-order valence-electron chi connectivity index (χ4n) is 1.00. The Hall–Kier alpha value is -1.29. The first-order chi connectivity index (χ1) is 6.63. The van der Waals surface area contributed by atoms with E-state index in [1.165, 1.54) is 12.1 Å². The van der Waals surface area contributed by atoms with E-state index in [1.807, 2.05) is 6.92 Å². The number of nitro groups is 1. The lowest BCUT2D eigenvalue weighted by Crippen LogP contribution is -2.16. The van der Waals surface area contributed by atoms with E-state index in [-0.39, 0.29) is 11.7 Å². The van der Waals surface area contributed by atoms with Crippen LogP contribution in [0.3, 0.4) is 0 Å². The third-order valence-electron chi connectivity index (χ3n) is 1.72. The van der Waals surface area contributed by atoms with Crippen LogP contribution in [0.25, 0.3) is 0 Å². The van der Waals surface area contributed by atoms with Gasteiger partial charge in [-0.3, -0.25) is 10.1 Å². The Morgan fingerprint density at radius 1 is 1.50 bits per heavy atom. The molecule has 0 heterocycles. The molecule has 0 unspecified atom stereocenters. The van der Waals surface area contributed by atoms with Gasteiger partial charge in [0, 0.05) is 29.7 Å². The molecule has 4 nitrogen and oxygen atoms in total. The van der Waals surface area contributed by atoms with Crippen molar-refractivity contribution >= 4 is 23.0 Å². The molecule has 0 fully saturated rings. The number of non-ortho nitro benzene ring substituents is 1. The lowest BCUT2D eigenvalue weighted by Gasteiger charge is -2.11. The number of halogens is 1. The molecule has 1 aromatic carbocycles. The quantitative estimate of drug-likeness (QED) is 0.476. The van der Waals surface area contributed by atoms with Gasteiger partial charge in [0.2, 0.25) is 0 Å². The Kier molecular flexibility index (Phi) is 3.71. The first kappa shape index (κ1) is 10.8. The fourth-order valence-corrected chi connectivity index (χ4v) is 1.08. The molecular formula is C9H11ClN2O2. The van der Waals surface area contributed by atoms with E-state index in [1.54, 1.807) is 12.1 Å². The van der Waals surface area contributed by atoms with Crippen LogP contribution < -0.4 is 5.32 Å². The van der Waals surface area contributed by atoms with E-state index < -0.39 is 4.92 Å². The van der Waals surface area contributed by atoms with Gasteiger partial charge in [-0.1, -0.05) is 0 Å². The summed E-state index contributed by atoms with van der Waals surface area (Å²) in [4.78, 5) is 9.93. The Morgan fingerprint density at radius 3 is 2.50 bits per heavy atom. The van der Waals surface area contributed by atoms with Crippen LogP contribution >= 0.6 is 11.6 Å². The maximum Gasteiger partial charge on any atom is 0.269 e. The summed E-state index contributed by atoms with van der Waals surface area (Å²) in [6.07, 6.45) is 0. The summed E-state index contributed by atoms with van der Waals surface area (Å²) in [6.45, 7) is 1.94. The highest BCUT2D eigenvalue weighted by molar-refractivity contribution is 6.18. The summed E-state index contributed by atoms with van der Waals surface area (Å²) < 4.78 is 0. The van der Waals surface area contributed by atoms with Crippen LogP contribution in [0.4, 0.5) is 11.4 Å².